The van der Waals surface area contributed by atoms with Crippen molar-refractivity contribution in [1.29, 1.82) is 0 Å². The zero-order chi connectivity index (χ0) is 29.7. The topological polar surface area (TPSA) is 25.6 Å². The van der Waals surface area contributed by atoms with Gasteiger partial charge in [0.05, 0.1) is 33.9 Å². The maximum Gasteiger partial charge on any atom is 0.0646 e. The number of rotatable bonds is 3. The van der Waals surface area contributed by atoms with Gasteiger partial charge in [-0.2, -0.15) is 0 Å². The van der Waals surface area contributed by atoms with Gasteiger partial charge in [-0.3, -0.25) is 2.78 Å². The van der Waals surface area contributed by atoms with Crippen LogP contribution in [0.5, 0.6) is 0 Å². The molecule has 0 fully saturated rings. The lowest BCUT2D eigenvalue weighted by Crippen LogP contribution is -1.89. The third-order valence-electron chi connectivity index (χ3n) is 9.33. The van der Waals surface area contributed by atoms with Gasteiger partial charge in [0.1, 0.15) is 0 Å². The average Bonchev–Trinajstić information content (AvgIpc) is 3.64. The van der Waals surface area contributed by atoms with Crippen LogP contribution in [0, 0.1) is 10.5 Å². The summed E-state index contributed by atoms with van der Waals surface area (Å²) < 4.78 is 5.92. The highest BCUT2D eigenvalue weighted by Crippen LogP contribution is 2.40. The lowest BCUT2D eigenvalue weighted by Gasteiger charge is -2.08. The van der Waals surface area contributed by atoms with Crippen LogP contribution in [0.3, 0.4) is 0 Å². The molecule has 0 aliphatic rings. The summed E-state index contributed by atoms with van der Waals surface area (Å²) in [5, 5.41) is 7.83. The van der Waals surface area contributed by atoms with Crippen LogP contribution in [-0.4, -0.2) is 12.3 Å². The molecule has 212 valence electrons. The monoisotopic (exact) mass is 791 g/mol. The van der Waals surface area contributed by atoms with Crippen LogP contribution in [0.25, 0.3) is 76.5 Å². The molecule has 3 nitrogen and oxygen atoms in total. The van der Waals surface area contributed by atoms with E-state index in [2.05, 4.69) is 181 Å². The Kier molecular flexibility index (Phi) is 5.94. The van der Waals surface area contributed by atoms with Crippen LogP contribution in [0.1, 0.15) is 16.7 Å². The summed E-state index contributed by atoms with van der Waals surface area (Å²) in [5.74, 6) is 0. The molecule has 6 aromatic carbocycles. The number of nitrogens with zero attached hydrogens (tertiary/aromatic N) is 2. The molecular formula is C39H27I2N3. The molecule has 9 aromatic rings. The van der Waals surface area contributed by atoms with E-state index in [1.807, 2.05) is 0 Å². The van der Waals surface area contributed by atoms with Gasteiger partial charge in [-0.25, -0.2) is 0 Å². The van der Waals surface area contributed by atoms with E-state index in [0.29, 0.717) is 0 Å². The Morgan fingerprint density at radius 2 is 1.34 bits per heavy atom. The van der Waals surface area contributed by atoms with E-state index in [4.69, 9.17) is 0 Å². The molecule has 5 heteroatoms. The summed E-state index contributed by atoms with van der Waals surface area (Å²) in [7, 11) is 2.16. The third kappa shape index (κ3) is 3.91. The van der Waals surface area contributed by atoms with Gasteiger partial charge in [0, 0.05) is 65.0 Å². The minimum Gasteiger partial charge on any atom is -0.354 e. The van der Waals surface area contributed by atoms with Gasteiger partial charge < -0.3 is 9.55 Å². The van der Waals surface area contributed by atoms with Crippen molar-refractivity contribution in [2.45, 2.75) is 13.3 Å². The lowest BCUT2D eigenvalue weighted by atomic mass is 9.99. The number of aryl methyl sites for hydroxylation is 2. The third-order valence-corrected chi connectivity index (χ3v) is 11.5. The lowest BCUT2D eigenvalue weighted by molar-refractivity contribution is 1.01. The number of hydrogen-bond acceptors (Lipinski definition) is 0. The molecule has 9 rings (SSSR count). The van der Waals surface area contributed by atoms with Crippen molar-refractivity contribution in [3.63, 3.8) is 0 Å². The standard InChI is InChI=1S/C39H27I2N3/c1-22-7-11-27-28-12-8-24(20-33(28)42-32(27)17-22)18-23-9-15-35-31(19-23)29-13-10-25(21-37(29)44(35)41)26-14-16-36-38(39(26)40)30-5-3-4-6-34(30)43(36)2/h3-17,19-21,42H,18H2,1-2H3. The van der Waals surface area contributed by atoms with E-state index >= 15 is 0 Å². The predicted molar refractivity (Wildman–Crippen MR) is 204 cm³/mol. The quantitative estimate of drug-likeness (QED) is 0.173. The highest BCUT2D eigenvalue weighted by Gasteiger charge is 2.17. The number of aromatic amines is 1. The van der Waals surface area contributed by atoms with Crippen molar-refractivity contribution >= 4 is 111 Å². The predicted octanol–water partition coefficient (Wildman–Crippen LogP) is 11.4. The molecule has 0 aliphatic carbocycles. The second kappa shape index (κ2) is 9.84. The number of para-hydroxylation sites is 1. The number of benzene rings is 6. The zero-order valence-corrected chi connectivity index (χ0v) is 28.6. The minimum atomic E-state index is 0.898. The average molecular weight is 791 g/mol. The summed E-state index contributed by atoms with van der Waals surface area (Å²) >= 11 is 5.02. The van der Waals surface area contributed by atoms with Gasteiger partial charge in [0.2, 0.25) is 0 Å². The Balaban J connectivity index is 1.12. The maximum absolute atomic E-state index is 3.64. The number of H-pyrrole nitrogens is 1. The summed E-state index contributed by atoms with van der Waals surface area (Å²) in [6.07, 6.45) is 0.898. The van der Waals surface area contributed by atoms with E-state index < -0.39 is 0 Å². The van der Waals surface area contributed by atoms with Crippen LogP contribution in [0.4, 0.5) is 0 Å². The molecule has 0 atom stereocenters. The summed E-state index contributed by atoms with van der Waals surface area (Å²) in [4.78, 5) is 3.64. The Bertz CT molecular complexity index is 2630. The van der Waals surface area contributed by atoms with E-state index in [1.165, 1.54) is 96.8 Å². The van der Waals surface area contributed by atoms with Crippen LogP contribution < -0.4 is 0 Å². The molecule has 44 heavy (non-hydrogen) atoms. The highest BCUT2D eigenvalue weighted by molar-refractivity contribution is 14.1. The van der Waals surface area contributed by atoms with E-state index in [0.717, 1.165) is 6.42 Å². The van der Waals surface area contributed by atoms with Gasteiger partial charge in [-0.05, 0) is 106 Å². The van der Waals surface area contributed by atoms with Gasteiger partial charge in [-0.1, -0.05) is 66.7 Å². The largest absolute Gasteiger partial charge is 0.354 e. The van der Waals surface area contributed by atoms with Crippen molar-refractivity contribution in [2.24, 2.45) is 7.05 Å². The molecule has 0 saturated heterocycles. The first-order valence-electron chi connectivity index (χ1n) is 14.8. The SMILES string of the molecule is Cc1ccc2c(c1)[nH]c1cc(Cc3ccc4c(c3)c3ccc(-c5ccc6c(c5I)c5ccccc5n6C)cc3n4I)ccc12. The van der Waals surface area contributed by atoms with Crippen LogP contribution in [0.15, 0.2) is 109 Å². The van der Waals surface area contributed by atoms with Crippen molar-refractivity contribution < 1.29 is 0 Å². The molecule has 1 N–H and O–H groups in total. The summed E-state index contributed by atoms with van der Waals surface area (Å²) in [5.41, 5.74) is 13.9. The second-order valence-electron chi connectivity index (χ2n) is 12.0. The Morgan fingerprint density at radius 1 is 0.614 bits per heavy atom. The zero-order valence-electron chi connectivity index (χ0n) is 24.2. The molecule has 3 heterocycles. The first-order chi connectivity index (χ1) is 21.4. The van der Waals surface area contributed by atoms with Crippen molar-refractivity contribution in [2.75, 3.05) is 0 Å². The van der Waals surface area contributed by atoms with Gasteiger partial charge >= 0.3 is 0 Å². The molecule has 0 bridgehead atoms. The fourth-order valence-corrected chi connectivity index (χ4v) is 9.03. The second-order valence-corrected chi connectivity index (χ2v) is 14.0. The van der Waals surface area contributed by atoms with E-state index in [9.17, 15) is 0 Å². The number of hydrogen-bond donors (Lipinski definition) is 1. The normalized spacial score (nSPS) is 12.2. The molecule has 0 aliphatic heterocycles. The first kappa shape index (κ1) is 26.6. The molecule has 3 aromatic heterocycles. The van der Waals surface area contributed by atoms with Crippen molar-refractivity contribution in [3.8, 4) is 11.1 Å². The molecule has 0 unspecified atom stereocenters. The van der Waals surface area contributed by atoms with E-state index in [1.54, 1.807) is 0 Å². The van der Waals surface area contributed by atoms with Crippen LogP contribution in [0.2, 0.25) is 0 Å². The van der Waals surface area contributed by atoms with Gasteiger partial charge in [0.25, 0.3) is 0 Å². The molecule has 0 spiro atoms. The first-order valence-corrected chi connectivity index (χ1v) is 16.9. The summed E-state index contributed by atoms with van der Waals surface area (Å²) in [6, 6.07) is 40.7. The highest BCUT2D eigenvalue weighted by atomic mass is 127. The van der Waals surface area contributed by atoms with Crippen LogP contribution >= 0.6 is 45.5 Å². The molecule has 0 radical (unpaired) electrons. The number of aromatic nitrogens is 3. The molecular weight excluding hydrogens is 764 g/mol. The van der Waals surface area contributed by atoms with Gasteiger partial charge in [0.15, 0.2) is 0 Å². The number of halogens is 2. The minimum absolute atomic E-state index is 0.898. The van der Waals surface area contributed by atoms with Crippen molar-refractivity contribution in [3.05, 3.63) is 129 Å². The maximum atomic E-state index is 3.64. The van der Waals surface area contributed by atoms with Crippen LogP contribution in [-0.2, 0) is 13.5 Å². The summed E-state index contributed by atoms with van der Waals surface area (Å²) in [6.45, 7) is 2.14. The van der Waals surface area contributed by atoms with E-state index in [-0.39, 0.29) is 0 Å². The molecule has 0 saturated carbocycles. The Labute approximate surface area is 282 Å². The fourth-order valence-electron chi connectivity index (χ4n) is 7.15. The number of fused-ring (bicyclic) bond motifs is 9. The Morgan fingerprint density at radius 3 is 2.23 bits per heavy atom. The molecule has 0 amide bonds. The number of nitrogens with one attached hydrogen (secondary N) is 1. The smallest absolute Gasteiger partial charge is 0.0646 e. The Hall–Kier alpha value is -3.82. The fraction of sp³-hybridized carbons (Fsp3) is 0.0769. The van der Waals surface area contributed by atoms with Crippen molar-refractivity contribution in [1.82, 2.24) is 12.3 Å². The van der Waals surface area contributed by atoms with Gasteiger partial charge in [-0.15, -0.1) is 0 Å².